The molecule has 0 aromatic heterocycles. The van der Waals surface area contributed by atoms with Gasteiger partial charge in [-0.2, -0.15) is 0 Å². The van der Waals surface area contributed by atoms with E-state index >= 15 is 0 Å². The van der Waals surface area contributed by atoms with Crippen LogP contribution >= 0.6 is 0 Å². The van der Waals surface area contributed by atoms with Crippen molar-refractivity contribution in [2.45, 2.75) is 18.9 Å². The summed E-state index contributed by atoms with van der Waals surface area (Å²) in [4.78, 5) is 0. The Morgan fingerprint density at radius 1 is 1.27 bits per heavy atom. The molecule has 1 aromatic rings. The number of benzene rings is 1. The zero-order chi connectivity index (χ0) is 10.5. The van der Waals surface area contributed by atoms with Crippen molar-refractivity contribution < 1.29 is 9.47 Å². The van der Waals surface area contributed by atoms with Crippen molar-refractivity contribution >= 4 is 6.08 Å². The van der Waals surface area contributed by atoms with Crippen molar-refractivity contribution in [1.82, 2.24) is 0 Å². The Bertz CT molecular complexity index is 327. The maximum absolute atomic E-state index is 5.93. The molecule has 0 saturated carbocycles. The Morgan fingerprint density at radius 3 is 2.73 bits per heavy atom. The molecule has 0 bridgehead atoms. The molecule has 0 aliphatic carbocycles. The van der Waals surface area contributed by atoms with Crippen LogP contribution in [0.4, 0.5) is 0 Å². The molecule has 2 rings (SSSR count). The number of para-hydroxylation sites is 1. The highest BCUT2D eigenvalue weighted by molar-refractivity contribution is 5.55. The number of hydrogen-bond acceptors (Lipinski definition) is 2. The van der Waals surface area contributed by atoms with E-state index in [1.165, 1.54) is 0 Å². The minimum atomic E-state index is 0.292. The fraction of sp³-hybridized carbons (Fsp3) is 0.385. The Kier molecular flexibility index (Phi) is 3.41. The van der Waals surface area contributed by atoms with Crippen LogP contribution < -0.4 is 4.74 Å². The van der Waals surface area contributed by atoms with Crippen LogP contribution in [0, 0.1) is 0 Å². The van der Waals surface area contributed by atoms with Gasteiger partial charge in [-0.05, 0) is 6.07 Å². The molecule has 0 spiro atoms. The summed E-state index contributed by atoms with van der Waals surface area (Å²) in [6.45, 7) is 5.39. The highest BCUT2D eigenvalue weighted by atomic mass is 16.5. The zero-order valence-corrected chi connectivity index (χ0v) is 8.82. The lowest BCUT2D eigenvalue weighted by molar-refractivity contribution is 0.0255. The topological polar surface area (TPSA) is 18.5 Å². The lowest BCUT2D eigenvalue weighted by atomic mass is 10.1. The minimum Gasteiger partial charge on any atom is -0.490 e. The number of ether oxygens (including phenoxy) is 2. The van der Waals surface area contributed by atoms with E-state index in [2.05, 4.69) is 6.58 Å². The van der Waals surface area contributed by atoms with Gasteiger partial charge in [0.25, 0.3) is 0 Å². The van der Waals surface area contributed by atoms with Crippen LogP contribution in [0.25, 0.3) is 6.08 Å². The van der Waals surface area contributed by atoms with E-state index in [-0.39, 0.29) is 0 Å². The van der Waals surface area contributed by atoms with Crippen LogP contribution in [0.5, 0.6) is 5.75 Å². The SMILES string of the molecule is C=Cc1ccccc1OC1CCOCC1. The summed E-state index contributed by atoms with van der Waals surface area (Å²) in [7, 11) is 0. The van der Waals surface area contributed by atoms with Crippen molar-refractivity contribution in [2.75, 3.05) is 13.2 Å². The molecule has 2 nitrogen and oxygen atoms in total. The lowest BCUT2D eigenvalue weighted by Gasteiger charge is -2.24. The molecule has 2 heteroatoms. The normalized spacial score (nSPS) is 17.3. The first-order chi connectivity index (χ1) is 7.40. The fourth-order valence-electron chi connectivity index (χ4n) is 1.73. The zero-order valence-electron chi connectivity index (χ0n) is 8.82. The molecule has 80 valence electrons. The molecule has 1 heterocycles. The molecule has 1 saturated heterocycles. The summed E-state index contributed by atoms with van der Waals surface area (Å²) in [5, 5.41) is 0. The van der Waals surface area contributed by atoms with Crippen LogP contribution in [-0.2, 0) is 4.74 Å². The number of hydrogen-bond donors (Lipinski definition) is 0. The van der Waals surface area contributed by atoms with Crippen LogP contribution in [0.3, 0.4) is 0 Å². The molecule has 15 heavy (non-hydrogen) atoms. The smallest absolute Gasteiger partial charge is 0.126 e. The van der Waals surface area contributed by atoms with Crippen LogP contribution in [0.15, 0.2) is 30.8 Å². The van der Waals surface area contributed by atoms with Gasteiger partial charge in [-0.25, -0.2) is 0 Å². The van der Waals surface area contributed by atoms with E-state index < -0.39 is 0 Å². The molecule has 1 aliphatic rings. The van der Waals surface area contributed by atoms with Gasteiger partial charge >= 0.3 is 0 Å². The van der Waals surface area contributed by atoms with E-state index in [0.717, 1.165) is 37.4 Å². The maximum atomic E-state index is 5.93. The van der Waals surface area contributed by atoms with Gasteiger partial charge in [0, 0.05) is 18.4 Å². The van der Waals surface area contributed by atoms with E-state index in [9.17, 15) is 0 Å². The third-order valence-corrected chi connectivity index (χ3v) is 2.60. The average molecular weight is 204 g/mol. The summed E-state index contributed by atoms with van der Waals surface area (Å²) in [5.74, 6) is 0.930. The van der Waals surface area contributed by atoms with Gasteiger partial charge in [0.2, 0.25) is 0 Å². The van der Waals surface area contributed by atoms with Crippen LogP contribution in [0.2, 0.25) is 0 Å². The Labute approximate surface area is 90.5 Å². The molecule has 0 N–H and O–H groups in total. The third kappa shape index (κ3) is 2.60. The minimum absolute atomic E-state index is 0.292. The monoisotopic (exact) mass is 204 g/mol. The Hall–Kier alpha value is -1.28. The van der Waals surface area contributed by atoms with E-state index in [1.54, 1.807) is 0 Å². The van der Waals surface area contributed by atoms with Crippen LogP contribution in [-0.4, -0.2) is 19.3 Å². The van der Waals surface area contributed by atoms with Gasteiger partial charge in [0.15, 0.2) is 0 Å². The molecule has 0 amide bonds. The Balaban J connectivity index is 2.05. The molecular formula is C13H16O2. The van der Waals surface area contributed by atoms with Gasteiger partial charge in [0.1, 0.15) is 11.9 Å². The van der Waals surface area contributed by atoms with Gasteiger partial charge in [-0.15, -0.1) is 0 Å². The molecular weight excluding hydrogens is 188 g/mol. The number of rotatable bonds is 3. The first-order valence-electron chi connectivity index (χ1n) is 5.36. The standard InChI is InChI=1S/C13H16O2/c1-2-11-5-3-4-6-13(11)15-12-7-9-14-10-8-12/h2-6,12H,1,7-10H2. The summed E-state index contributed by atoms with van der Waals surface area (Å²) < 4.78 is 11.2. The average Bonchev–Trinajstić information content (AvgIpc) is 2.31. The van der Waals surface area contributed by atoms with Crippen molar-refractivity contribution in [1.29, 1.82) is 0 Å². The molecule has 0 radical (unpaired) electrons. The molecule has 1 fully saturated rings. The summed E-state index contributed by atoms with van der Waals surface area (Å²) in [6.07, 6.45) is 4.07. The van der Waals surface area contributed by atoms with Gasteiger partial charge in [-0.3, -0.25) is 0 Å². The first kappa shape index (κ1) is 10.2. The second kappa shape index (κ2) is 4.99. The lowest BCUT2D eigenvalue weighted by Crippen LogP contribution is -2.26. The van der Waals surface area contributed by atoms with Crippen molar-refractivity contribution in [3.05, 3.63) is 36.4 Å². The van der Waals surface area contributed by atoms with Crippen molar-refractivity contribution in [3.8, 4) is 5.75 Å². The van der Waals surface area contributed by atoms with Crippen molar-refractivity contribution in [3.63, 3.8) is 0 Å². The second-order valence-corrected chi connectivity index (χ2v) is 3.67. The predicted octanol–water partition coefficient (Wildman–Crippen LogP) is 2.89. The van der Waals surface area contributed by atoms with Gasteiger partial charge in [0.05, 0.1) is 13.2 Å². The fourth-order valence-corrected chi connectivity index (χ4v) is 1.73. The van der Waals surface area contributed by atoms with Gasteiger partial charge < -0.3 is 9.47 Å². The van der Waals surface area contributed by atoms with E-state index in [1.807, 2.05) is 30.3 Å². The van der Waals surface area contributed by atoms with Crippen LogP contribution in [0.1, 0.15) is 18.4 Å². The molecule has 1 aromatic carbocycles. The first-order valence-corrected chi connectivity index (χ1v) is 5.36. The highest BCUT2D eigenvalue weighted by Crippen LogP contribution is 2.23. The van der Waals surface area contributed by atoms with Crippen molar-refractivity contribution in [2.24, 2.45) is 0 Å². The van der Waals surface area contributed by atoms with E-state index in [0.29, 0.717) is 6.10 Å². The predicted molar refractivity (Wildman–Crippen MR) is 61.0 cm³/mol. The third-order valence-electron chi connectivity index (χ3n) is 2.60. The summed E-state index contributed by atoms with van der Waals surface area (Å²) in [5.41, 5.74) is 1.06. The molecule has 0 unspecified atom stereocenters. The van der Waals surface area contributed by atoms with Gasteiger partial charge in [-0.1, -0.05) is 30.9 Å². The second-order valence-electron chi connectivity index (χ2n) is 3.67. The highest BCUT2D eigenvalue weighted by Gasteiger charge is 2.15. The summed E-state index contributed by atoms with van der Waals surface area (Å²) in [6, 6.07) is 7.99. The quantitative estimate of drug-likeness (QED) is 0.753. The maximum Gasteiger partial charge on any atom is 0.126 e. The summed E-state index contributed by atoms with van der Waals surface area (Å²) >= 11 is 0. The molecule has 1 aliphatic heterocycles. The Morgan fingerprint density at radius 2 is 2.00 bits per heavy atom. The van der Waals surface area contributed by atoms with E-state index in [4.69, 9.17) is 9.47 Å². The largest absolute Gasteiger partial charge is 0.490 e. The molecule has 0 atom stereocenters.